The maximum atomic E-state index is 6.33. The van der Waals surface area contributed by atoms with Crippen molar-refractivity contribution in [3.8, 4) is 22.6 Å². The predicted molar refractivity (Wildman–Crippen MR) is 84.6 cm³/mol. The lowest BCUT2D eigenvalue weighted by molar-refractivity contribution is 0.693. The van der Waals surface area contributed by atoms with Crippen LogP contribution in [-0.2, 0) is 13.6 Å². The van der Waals surface area contributed by atoms with E-state index in [1.54, 1.807) is 10.9 Å². The van der Waals surface area contributed by atoms with Gasteiger partial charge in [-0.15, -0.1) is 0 Å². The molecule has 0 bridgehead atoms. The molecule has 0 atom stereocenters. The van der Waals surface area contributed by atoms with Gasteiger partial charge in [-0.2, -0.15) is 5.10 Å². The van der Waals surface area contributed by atoms with Crippen LogP contribution in [0.25, 0.3) is 22.6 Å². The van der Waals surface area contributed by atoms with Gasteiger partial charge in [0.05, 0.1) is 6.20 Å². The molecule has 5 nitrogen and oxygen atoms in total. The fourth-order valence-electron chi connectivity index (χ4n) is 2.48. The number of aromatic nitrogens is 4. The van der Waals surface area contributed by atoms with Crippen LogP contribution < -0.4 is 5.73 Å². The van der Waals surface area contributed by atoms with Gasteiger partial charge in [0, 0.05) is 30.9 Å². The van der Waals surface area contributed by atoms with E-state index >= 15 is 0 Å². The van der Waals surface area contributed by atoms with Crippen molar-refractivity contribution in [2.75, 3.05) is 5.73 Å². The maximum absolute atomic E-state index is 6.33. The number of aryl methyl sites for hydroxylation is 1. The lowest BCUT2D eigenvalue weighted by Crippen LogP contribution is -2.04. The SMILES string of the molecule is CCCn1c(-c2ccccc2)nc(-c2cnn(C)c2)c1N. The first-order valence-electron chi connectivity index (χ1n) is 7.11. The van der Waals surface area contributed by atoms with E-state index in [9.17, 15) is 0 Å². The van der Waals surface area contributed by atoms with Gasteiger partial charge in [0.15, 0.2) is 0 Å². The van der Waals surface area contributed by atoms with E-state index in [-0.39, 0.29) is 0 Å². The van der Waals surface area contributed by atoms with Gasteiger partial charge >= 0.3 is 0 Å². The number of hydrogen-bond donors (Lipinski definition) is 1. The Bertz CT molecular complexity index is 739. The smallest absolute Gasteiger partial charge is 0.142 e. The van der Waals surface area contributed by atoms with Crippen molar-refractivity contribution in [1.29, 1.82) is 0 Å². The average Bonchev–Trinajstić information content (AvgIpc) is 3.06. The first kappa shape index (κ1) is 13.4. The minimum absolute atomic E-state index is 0.698. The number of anilines is 1. The maximum Gasteiger partial charge on any atom is 0.142 e. The van der Waals surface area contributed by atoms with Crippen molar-refractivity contribution < 1.29 is 0 Å². The van der Waals surface area contributed by atoms with E-state index in [1.807, 2.05) is 31.4 Å². The average molecular weight is 281 g/mol. The van der Waals surface area contributed by atoms with E-state index in [0.717, 1.165) is 35.6 Å². The highest BCUT2D eigenvalue weighted by atomic mass is 15.2. The van der Waals surface area contributed by atoms with Crippen LogP contribution in [0.4, 0.5) is 5.82 Å². The van der Waals surface area contributed by atoms with E-state index in [2.05, 4.69) is 28.7 Å². The molecule has 1 aromatic carbocycles. The molecule has 0 aliphatic carbocycles. The van der Waals surface area contributed by atoms with Crippen LogP contribution in [0.5, 0.6) is 0 Å². The topological polar surface area (TPSA) is 61.7 Å². The van der Waals surface area contributed by atoms with Gasteiger partial charge in [-0.05, 0) is 6.42 Å². The lowest BCUT2D eigenvalue weighted by Gasteiger charge is -2.08. The van der Waals surface area contributed by atoms with Gasteiger partial charge < -0.3 is 10.3 Å². The molecular weight excluding hydrogens is 262 g/mol. The second-order valence-corrected chi connectivity index (χ2v) is 5.09. The van der Waals surface area contributed by atoms with Crippen molar-refractivity contribution in [2.45, 2.75) is 19.9 Å². The Hall–Kier alpha value is -2.56. The molecule has 0 saturated carbocycles. The van der Waals surface area contributed by atoms with Crippen LogP contribution in [0, 0.1) is 0 Å². The number of rotatable bonds is 4. The third kappa shape index (κ3) is 2.42. The predicted octanol–water partition coefficient (Wildman–Crippen LogP) is 2.94. The van der Waals surface area contributed by atoms with Crippen molar-refractivity contribution >= 4 is 5.82 Å². The molecule has 21 heavy (non-hydrogen) atoms. The van der Waals surface area contributed by atoms with Crippen LogP contribution in [0.15, 0.2) is 42.7 Å². The highest BCUT2D eigenvalue weighted by Gasteiger charge is 2.17. The van der Waals surface area contributed by atoms with E-state index in [4.69, 9.17) is 10.7 Å². The van der Waals surface area contributed by atoms with Gasteiger partial charge in [0.1, 0.15) is 17.3 Å². The van der Waals surface area contributed by atoms with Crippen molar-refractivity contribution in [3.05, 3.63) is 42.7 Å². The molecule has 0 amide bonds. The second kappa shape index (κ2) is 5.44. The first-order valence-corrected chi connectivity index (χ1v) is 7.11. The fraction of sp³-hybridized carbons (Fsp3) is 0.250. The number of benzene rings is 1. The van der Waals surface area contributed by atoms with Crippen LogP contribution in [-0.4, -0.2) is 19.3 Å². The standard InChI is InChI=1S/C16H19N5/c1-3-9-21-15(17)14(13-10-18-20(2)11-13)19-16(21)12-7-5-4-6-8-12/h4-8,10-11H,3,9,17H2,1-2H3. The highest BCUT2D eigenvalue weighted by molar-refractivity contribution is 5.74. The Morgan fingerprint density at radius 2 is 1.90 bits per heavy atom. The third-order valence-corrected chi connectivity index (χ3v) is 3.46. The zero-order valence-electron chi connectivity index (χ0n) is 12.3. The number of nitrogens with zero attached hydrogens (tertiary/aromatic N) is 4. The van der Waals surface area contributed by atoms with E-state index < -0.39 is 0 Å². The molecule has 0 saturated heterocycles. The summed E-state index contributed by atoms with van der Waals surface area (Å²) < 4.78 is 3.84. The molecular formula is C16H19N5. The van der Waals surface area contributed by atoms with Gasteiger partial charge in [-0.1, -0.05) is 37.3 Å². The number of nitrogen functional groups attached to an aromatic ring is 1. The minimum atomic E-state index is 0.698. The molecule has 2 heterocycles. The van der Waals surface area contributed by atoms with Crippen molar-refractivity contribution in [3.63, 3.8) is 0 Å². The summed E-state index contributed by atoms with van der Waals surface area (Å²) in [5.41, 5.74) is 9.16. The molecule has 0 unspecified atom stereocenters. The number of hydrogen-bond acceptors (Lipinski definition) is 3. The largest absolute Gasteiger partial charge is 0.383 e. The molecule has 0 radical (unpaired) electrons. The summed E-state index contributed by atoms with van der Waals surface area (Å²) in [6, 6.07) is 10.1. The monoisotopic (exact) mass is 281 g/mol. The summed E-state index contributed by atoms with van der Waals surface area (Å²) in [6.07, 6.45) is 4.74. The summed E-state index contributed by atoms with van der Waals surface area (Å²) in [5, 5.41) is 4.20. The van der Waals surface area contributed by atoms with Crippen molar-refractivity contribution in [1.82, 2.24) is 19.3 Å². The summed E-state index contributed by atoms with van der Waals surface area (Å²) in [6.45, 7) is 2.99. The van der Waals surface area contributed by atoms with Crippen LogP contribution in [0.2, 0.25) is 0 Å². The summed E-state index contributed by atoms with van der Waals surface area (Å²) >= 11 is 0. The summed E-state index contributed by atoms with van der Waals surface area (Å²) in [5.74, 6) is 1.61. The number of imidazole rings is 1. The Kier molecular flexibility index (Phi) is 3.48. The molecule has 0 fully saturated rings. The first-order chi connectivity index (χ1) is 10.2. The van der Waals surface area contributed by atoms with Gasteiger partial charge in [0.2, 0.25) is 0 Å². The van der Waals surface area contributed by atoms with E-state index in [1.165, 1.54) is 0 Å². The molecule has 2 N–H and O–H groups in total. The van der Waals surface area contributed by atoms with Crippen LogP contribution in [0.1, 0.15) is 13.3 Å². The Morgan fingerprint density at radius 1 is 1.14 bits per heavy atom. The van der Waals surface area contributed by atoms with Crippen LogP contribution in [0.3, 0.4) is 0 Å². The van der Waals surface area contributed by atoms with Gasteiger partial charge in [-0.25, -0.2) is 4.98 Å². The quantitative estimate of drug-likeness (QED) is 0.799. The number of nitrogens with two attached hydrogens (primary N) is 1. The highest BCUT2D eigenvalue weighted by Crippen LogP contribution is 2.31. The van der Waals surface area contributed by atoms with Crippen molar-refractivity contribution in [2.24, 2.45) is 7.05 Å². The van der Waals surface area contributed by atoms with Gasteiger partial charge in [-0.3, -0.25) is 4.68 Å². The molecule has 108 valence electrons. The Labute approximate surface area is 124 Å². The molecule has 2 aromatic heterocycles. The minimum Gasteiger partial charge on any atom is -0.383 e. The summed E-state index contributed by atoms with van der Waals surface area (Å²) in [7, 11) is 1.89. The fourth-order valence-corrected chi connectivity index (χ4v) is 2.48. The molecule has 3 aromatic rings. The Balaban J connectivity index is 2.16. The zero-order chi connectivity index (χ0) is 14.8. The molecule has 5 heteroatoms. The third-order valence-electron chi connectivity index (χ3n) is 3.46. The lowest BCUT2D eigenvalue weighted by atomic mass is 10.2. The molecule has 0 aliphatic heterocycles. The normalized spacial score (nSPS) is 11.0. The Morgan fingerprint density at radius 3 is 2.52 bits per heavy atom. The van der Waals surface area contributed by atoms with E-state index in [0.29, 0.717) is 5.82 Å². The molecule has 0 aliphatic rings. The second-order valence-electron chi connectivity index (χ2n) is 5.09. The summed E-state index contributed by atoms with van der Waals surface area (Å²) in [4.78, 5) is 4.77. The molecule has 3 rings (SSSR count). The molecule has 0 spiro atoms. The zero-order valence-corrected chi connectivity index (χ0v) is 12.3. The van der Waals surface area contributed by atoms with Crippen LogP contribution >= 0.6 is 0 Å². The van der Waals surface area contributed by atoms with Gasteiger partial charge in [0.25, 0.3) is 0 Å².